The molecular weight excluding hydrogens is 324 g/mol. The number of hydrogen-bond donors (Lipinski definition) is 1. The Morgan fingerprint density at radius 3 is 2.42 bits per heavy atom. The number of para-hydroxylation sites is 1. The van der Waals surface area contributed by atoms with Crippen LogP contribution in [0, 0.1) is 0 Å². The third-order valence-corrected chi connectivity index (χ3v) is 4.54. The highest BCUT2D eigenvalue weighted by molar-refractivity contribution is 5.46. The highest BCUT2D eigenvalue weighted by atomic mass is 16.5. The van der Waals surface area contributed by atoms with E-state index in [9.17, 15) is 0 Å². The van der Waals surface area contributed by atoms with Crippen molar-refractivity contribution in [1.82, 2.24) is 10.2 Å². The zero-order valence-electron chi connectivity index (χ0n) is 16.3. The molecule has 0 saturated carbocycles. The van der Waals surface area contributed by atoms with Crippen LogP contribution in [0.25, 0.3) is 0 Å². The second-order valence-electron chi connectivity index (χ2n) is 6.28. The van der Waals surface area contributed by atoms with E-state index >= 15 is 0 Å². The molecule has 2 aromatic carbocycles. The Bertz CT molecular complexity index is 627. The molecule has 0 aliphatic rings. The van der Waals surface area contributed by atoms with E-state index in [0.29, 0.717) is 6.61 Å². The summed E-state index contributed by atoms with van der Waals surface area (Å²) in [6.07, 6.45) is 1.14. The minimum Gasteiger partial charge on any atom is -0.493 e. The summed E-state index contributed by atoms with van der Waals surface area (Å²) in [6, 6.07) is 16.3. The molecule has 0 aliphatic heterocycles. The number of ether oxygens (including phenoxy) is 2. The number of rotatable bonds is 12. The van der Waals surface area contributed by atoms with E-state index < -0.39 is 0 Å². The van der Waals surface area contributed by atoms with E-state index in [0.717, 1.165) is 61.8 Å². The van der Waals surface area contributed by atoms with Gasteiger partial charge in [-0.1, -0.05) is 56.3 Å². The SMILES string of the molecule is CCN(CC)CCCNCc1cccc(OC)c1OCc1ccccc1. The lowest BCUT2D eigenvalue weighted by Crippen LogP contribution is -2.27. The summed E-state index contributed by atoms with van der Waals surface area (Å²) in [5, 5.41) is 3.53. The Hall–Kier alpha value is -2.04. The molecule has 2 rings (SSSR count). The van der Waals surface area contributed by atoms with Crippen LogP contribution < -0.4 is 14.8 Å². The molecule has 0 aromatic heterocycles. The molecule has 4 heteroatoms. The first kappa shape index (κ1) is 20.3. The molecule has 0 radical (unpaired) electrons. The summed E-state index contributed by atoms with van der Waals surface area (Å²) in [5.41, 5.74) is 2.28. The van der Waals surface area contributed by atoms with Crippen LogP contribution >= 0.6 is 0 Å². The minimum absolute atomic E-state index is 0.538. The summed E-state index contributed by atoms with van der Waals surface area (Å²) in [6.45, 7) is 10.1. The van der Waals surface area contributed by atoms with Crippen LogP contribution in [0.3, 0.4) is 0 Å². The Labute approximate surface area is 158 Å². The van der Waals surface area contributed by atoms with Crippen molar-refractivity contribution in [3.8, 4) is 11.5 Å². The fourth-order valence-electron chi connectivity index (χ4n) is 2.95. The van der Waals surface area contributed by atoms with Crippen LogP contribution in [-0.2, 0) is 13.2 Å². The largest absolute Gasteiger partial charge is 0.493 e. The topological polar surface area (TPSA) is 33.7 Å². The van der Waals surface area contributed by atoms with Crippen LogP contribution in [0.2, 0.25) is 0 Å². The van der Waals surface area contributed by atoms with Crippen LogP contribution in [-0.4, -0.2) is 38.2 Å². The van der Waals surface area contributed by atoms with Crippen LogP contribution in [0.4, 0.5) is 0 Å². The zero-order chi connectivity index (χ0) is 18.6. The lowest BCUT2D eigenvalue weighted by atomic mass is 10.1. The average Bonchev–Trinajstić information content (AvgIpc) is 2.70. The van der Waals surface area contributed by atoms with Crippen molar-refractivity contribution in [3.05, 3.63) is 59.7 Å². The summed E-state index contributed by atoms with van der Waals surface area (Å²) < 4.78 is 11.6. The van der Waals surface area contributed by atoms with Gasteiger partial charge in [-0.3, -0.25) is 0 Å². The predicted molar refractivity (Wildman–Crippen MR) is 108 cm³/mol. The van der Waals surface area contributed by atoms with Gasteiger partial charge in [-0.15, -0.1) is 0 Å². The van der Waals surface area contributed by atoms with Crippen LogP contribution in [0.15, 0.2) is 48.5 Å². The molecule has 4 nitrogen and oxygen atoms in total. The van der Waals surface area contributed by atoms with Crippen LogP contribution in [0.5, 0.6) is 11.5 Å². The molecule has 0 spiro atoms. The van der Waals surface area contributed by atoms with Gasteiger partial charge >= 0.3 is 0 Å². The third-order valence-electron chi connectivity index (χ3n) is 4.54. The number of nitrogens with zero attached hydrogens (tertiary/aromatic N) is 1. The number of nitrogens with one attached hydrogen (secondary N) is 1. The molecular formula is C22H32N2O2. The summed E-state index contributed by atoms with van der Waals surface area (Å²) >= 11 is 0. The third kappa shape index (κ3) is 6.36. The molecule has 26 heavy (non-hydrogen) atoms. The molecule has 0 atom stereocenters. The monoisotopic (exact) mass is 356 g/mol. The number of methoxy groups -OCH3 is 1. The van der Waals surface area contributed by atoms with E-state index in [-0.39, 0.29) is 0 Å². The molecule has 0 bridgehead atoms. The van der Waals surface area contributed by atoms with Gasteiger partial charge in [0.15, 0.2) is 11.5 Å². The Kier molecular flexibility index (Phi) is 9.01. The first-order valence-electron chi connectivity index (χ1n) is 9.54. The number of benzene rings is 2. The average molecular weight is 357 g/mol. The quantitative estimate of drug-likeness (QED) is 0.581. The molecule has 0 saturated heterocycles. The summed E-state index contributed by atoms with van der Waals surface area (Å²) in [5.74, 6) is 1.61. The fourth-order valence-corrected chi connectivity index (χ4v) is 2.95. The molecule has 2 aromatic rings. The van der Waals surface area contributed by atoms with Crippen molar-refractivity contribution in [2.24, 2.45) is 0 Å². The summed E-state index contributed by atoms with van der Waals surface area (Å²) in [7, 11) is 1.69. The Morgan fingerprint density at radius 2 is 1.73 bits per heavy atom. The second-order valence-corrected chi connectivity index (χ2v) is 6.28. The van der Waals surface area contributed by atoms with Gasteiger partial charge in [0.25, 0.3) is 0 Å². The van der Waals surface area contributed by atoms with Gasteiger partial charge in [-0.2, -0.15) is 0 Å². The summed E-state index contributed by atoms with van der Waals surface area (Å²) in [4.78, 5) is 2.45. The molecule has 0 aliphatic carbocycles. The molecule has 0 heterocycles. The van der Waals surface area contributed by atoms with Gasteiger partial charge in [-0.25, -0.2) is 0 Å². The van der Waals surface area contributed by atoms with Crippen molar-refractivity contribution < 1.29 is 9.47 Å². The number of hydrogen-bond acceptors (Lipinski definition) is 4. The van der Waals surface area contributed by atoms with E-state index in [4.69, 9.17) is 9.47 Å². The van der Waals surface area contributed by atoms with Gasteiger partial charge in [0.05, 0.1) is 7.11 Å². The Balaban J connectivity index is 1.90. The lowest BCUT2D eigenvalue weighted by molar-refractivity contribution is 0.280. The first-order chi connectivity index (χ1) is 12.8. The van der Waals surface area contributed by atoms with Gasteiger partial charge in [0.1, 0.15) is 6.61 Å². The second kappa shape index (κ2) is 11.6. The molecule has 1 N–H and O–H groups in total. The van der Waals surface area contributed by atoms with E-state index in [2.05, 4.69) is 42.3 Å². The highest BCUT2D eigenvalue weighted by Gasteiger charge is 2.11. The van der Waals surface area contributed by atoms with Crippen molar-refractivity contribution >= 4 is 0 Å². The zero-order valence-corrected chi connectivity index (χ0v) is 16.3. The van der Waals surface area contributed by atoms with Crippen molar-refractivity contribution in [1.29, 1.82) is 0 Å². The van der Waals surface area contributed by atoms with Crippen molar-refractivity contribution in [2.75, 3.05) is 33.3 Å². The maximum absolute atomic E-state index is 6.10. The highest BCUT2D eigenvalue weighted by Crippen LogP contribution is 2.31. The Morgan fingerprint density at radius 1 is 0.962 bits per heavy atom. The molecule has 0 amide bonds. The fraction of sp³-hybridized carbons (Fsp3) is 0.455. The normalized spacial score (nSPS) is 10.9. The van der Waals surface area contributed by atoms with E-state index in [1.807, 2.05) is 30.3 Å². The minimum atomic E-state index is 0.538. The van der Waals surface area contributed by atoms with E-state index in [1.54, 1.807) is 7.11 Å². The van der Waals surface area contributed by atoms with Crippen molar-refractivity contribution in [3.63, 3.8) is 0 Å². The van der Waals surface area contributed by atoms with Crippen molar-refractivity contribution in [2.45, 2.75) is 33.4 Å². The lowest BCUT2D eigenvalue weighted by Gasteiger charge is -2.18. The van der Waals surface area contributed by atoms with Gasteiger partial charge < -0.3 is 19.7 Å². The van der Waals surface area contributed by atoms with Gasteiger partial charge in [0, 0.05) is 12.1 Å². The molecule has 0 fully saturated rings. The maximum Gasteiger partial charge on any atom is 0.166 e. The molecule has 142 valence electrons. The van der Waals surface area contributed by atoms with Gasteiger partial charge in [-0.05, 0) is 44.2 Å². The predicted octanol–water partition coefficient (Wildman–Crippen LogP) is 4.10. The first-order valence-corrected chi connectivity index (χ1v) is 9.54. The van der Waals surface area contributed by atoms with Gasteiger partial charge in [0.2, 0.25) is 0 Å². The molecule has 0 unspecified atom stereocenters. The van der Waals surface area contributed by atoms with Crippen LogP contribution in [0.1, 0.15) is 31.4 Å². The standard InChI is InChI=1S/C22H32N2O2/c1-4-24(5-2)16-10-15-23-17-20-13-9-14-21(25-3)22(20)26-18-19-11-7-6-8-12-19/h6-9,11-14,23H,4-5,10,15-18H2,1-3H3. The smallest absolute Gasteiger partial charge is 0.166 e. The van der Waals surface area contributed by atoms with E-state index in [1.165, 1.54) is 0 Å². The maximum atomic E-state index is 6.10.